The average Bonchev–Trinajstić information content (AvgIpc) is 3.08. The first-order chi connectivity index (χ1) is 15.0. The maximum atomic E-state index is 13.4. The number of thioether (sulfide) groups is 1. The second-order valence-electron chi connectivity index (χ2n) is 6.62. The van der Waals surface area contributed by atoms with Gasteiger partial charge in [-0.3, -0.25) is 14.5 Å². The molecule has 0 atom stereocenters. The maximum absolute atomic E-state index is 13.4. The second-order valence-corrected chi connectivity index (χ2v) is 7.56. The zero-order valence-electron chi connectivity index (χ0n) is 16.9. The Morgan fingerprint density at radius 2 is 1.71 bits per heavy atom. The molecule has 1 heterocycles. The van der Waals surface area contributed by atoms with Crippen molar-refractivity contribution in [3.05, 3.63) is 97.0 Å². The van der Waals surface area contributed by atoms with Gasteiger partial charge in [0.25, 0.3) is 5.91 Å². The molecule has 1 aliphatic heterocycles. The molecule has 0 fully saturated rings. The second kappa shape index (κ2) is 10.5. The maximum Gasteiger partial charge on any atom is 0.283 e. The van der Waals surface area contributed by atoms with Gasteiger partial charge in [-0.15, -0.1) is 13.2 Å². The van der Waals surface area contributed by atoms with Gasteiger partial charge in [-0.2, -0.15) is 0 Å². The highest BCUT2D eigenvalue weighted by atomic mass is 32.2. The Morgan fingerprint density at radius 3 is 2.32 bits per heavy atom. The van der Waals surface area contributed by atoms with Crippen LogP contribution in [0, 0.1) is 5.82 Å². The number of amidine groups is 1. The summed E-state index contributed by atoms with van der Waals surface area (Å²) in [6.45, 7) is 8.14. The molecule has 0 bridgehead atoms. The lowest BCUT2D eigenvalue weighted by molar-refractivity contribution is -0.127. The first kappa shape index (κ1) is 22.2. The molecule has 0 saturated carbocycles. The van der Waals surface area contributed by atoms with Crippen LogP contribution in [0.5, 0.6) is 0 Å². The zero-order chi connectivity index (χ0) is 22.2. The van der Waals surface area contributed by atoms with Crippen molar-refractivity contribution in [2.24, 2.45) is 4.99 Å². The van der Waals surface area contributed by atoms with Gasteiger partial charge in [0, 0.05) is 13.1 Å². The van der Waals surface area contributed by atoms with E-state index in [2.05, 4.69) is 18.2 Å². The van der Waals surface area contributed by atoms with Crippen LogP contribution in [0.3, 0.4) is 0 Å². The molecule has 0 N–H and O–H groups in total. The van der Waals surface area contributed by atoms with Gasteiger partial charge in [0.1, 0.15) is 11.5 Å². The smallest absolute Gasteiger partial charge is 0.283 e. The van der Waals surface area contributed by atoms with Crippen molar-refractivity contribution >= 4 is 40.5 Å². The molecule has 1 aliphatic rings. The van der Waals surface area contributed by atoms with Crippen molar-refractivity contribution in [3.63, 3.8) is 0 Å². The number of hydrogen-bond acceptors (Lipinski definition) is 4. The van der Waals surface area contributed by atoms with Crippen LogP contribution in [0.4, 0.5) is 10.1 Å². The fourth-order valence-corrected chi connectivity index (χ4v) is 3.84. The summed E-state index contributed by atoms with van der Waals surface area (Å²) in [5.41, 5.74) is 1.56. The zero-order valence-corrected chi connectivity index (χ0v) is 17.7. The Kier molecular flexibility index (Phi) is 7.56. The van der Waals surface area contributed by atoms with Gasteiger partial charge in [-0.25, -0.2) is 9.38 Å². The van der Waals surface area contributed by atoms with Crippen molar-refractivity contribution in [1.29, 1.82) is 0 Å². The minimum atomic E-state index is -0.402. The summed E-state index contributed by atoms with van der Waals surface area (Å²) in [5, 5.41) is 0.365. The summed E-state index contributed by atoms with van der Waals surface area (Å²) in [7, 11) is 0. The number of nitrogens with zero attached hydrogens (tertiary/aromatic N) is 3. The first-order valence-corrected chi connectivity index (χ1v) is 10.6. The molecule has 0 aliphatic carbocycles. The van der Waals surface area contributed by atoms with Gasteiger partial charge in [0.15, 0.2) is 5.17 Å². The van der Waals surface area contributed by atoms with E-state index in [0.717, 1.165) is 17.3 Å². The molecular weight excluding hydrogens is 413 g/mol. The lowest BCUT2D eigenvalue weighted by Gasteiger charge is -2.21. The topological polar surface area (TPSA) is 53.0 Å². The molecule has 3 rings (SSSR count). The number of halogens is 1. The lowest BCUT2D eigenvalue weighted by Crippen LogP contribution is -2.35. The van der Waals surface area contributed by atoms with Crippen LogP contribution in [-0.2, 0) is 9.59 Å². The van der Waals surface area contributed by atoms with Gasteiger partial charge in [-0.1, -0.05) is 54.2 Å². The highest BCUT2D eigenvalue weighted by Crippen LogP contribution is 2.29. The number of aliphatic imine (C=N–C) groups is 1. The van der Waals surface area contributed by atoms with Crippen LogP contribution in [0.2, 0.25) is 0 Å². The van der Waals surface area contributed by atoms with E-state index in [1.165, 1.54) is 29.2 Å². The molecule has 158 valence electrons. The van der Waals surface area contributed by atoms with Crippen molar-refractivity contribution in [1.82, 2.24) is 4.90 Å². The molecule has 7 heteroatoms. The molecule has 0 spiro atoms. The van der Waals surface area contributed by atoms with Crippen LogP contribution in [0.25, 0.3) is 6.08 Å². The Morgan fingerprint density at radius 1 is 1.06 bits per heavy atom. The van der Waals surface area contributed by atoms with E-state index in [1.807, 2.05) is 30.3 Å². The Bertz CT molecular complexity index is 1020. The Hall–Kier alpha value is -3.45. The number of hydrogen-bond donors (Lipinski definition) is 0. The fraction of sp³-hybridized carbons (Fsp3) is 0.125. The number of carbonyl (C=O) groups is 2. The van der Waals surface area contributed by atoms with E-state index in [9.17, 15) is 14.0 Å². The van der Waals surface area contributed by atoms with E-state index in [0.29, 0.717) is 23.9 Å². The van der Waals surface area contributed by atoms with E-state index >= 15 is 0 Å². The van der Waals surface area contributed by atoms with Gasteiger partial charge in [-0.05, 0) is 35.9 Å². The predicted octanol–water partition coefficient (Wildman–Crippen LogP) is 4.50. The van der Waals surface area contributed by atoms with Crippen LogP contribution < -0.4 is 4.90 Å². The van der Waals surface area contributed by atoms with Gasteiger partial charge >= 0.3 is 0 Å². The van der Waals surface area contributed by atoms with E-state index in [-0.39, 0.29) is 23.3 Å². The number of benzene rings is 2. The monoisotopic (exact) mass is 435 g/mol. The van der Waals surface area contributed by atoms with Crippen LogP contribution in [0.15, 0.2) is 90.6 Å². The number of amides is 2. The lowest BCUT2D eigenvalue weighted by atomic mass is 10.2. The summed E-state index contributed by atoms with van der Waals surface area (Å²) in [6.07, 6.45) is 4.98. The van der Waals surface area contributed by atoms with Crippen LogP contribution in [0.1, 0.15) is 5.56 Å². The summed E-state index contributed by atoms with van der Waals surface area (Å²) >= 11 is 1.16. The molecule has 2 amide bonds. The van der Waals surface area contributed by atoms with Gasteiger partial charge < -0.3 is 4.90 Å². The van der Waals surface area contributed by atoms with Crippen LogP contribution >= 0.6 is 11.8 Å². The summed E-state index contributed by atoms with van der Waals surface area (Å²) in [6, 6.07) is 15.0. The average molecular weight is 436 g/mol. The van der Waals surface area contributed by atoms with E-state index in [1.54, 1.807) is 23.1 Å². The SMILES string of the molecule is C=CCN(CC=C)C(=O)CSC1=N/C(=C/c2ccccc2)C(=O)N1c1ccc(F)cc1. The van der Waals surface area contributed by atoms with Crippen molar-refractivity contribution < 1.29 is 14.0 Å². The molecule has 0 saturated heterocycles. The normalized spacial score (nSPS) is 14.5. The molecule has 2 aromatic rings. The van der Waals surface area contributed by atoms with Crippen molar-refractivity contribution in [3.8, 4) is 0 Å². The first-order valence-electron chi connectivity index (χ1n) is 9.61. The van der Waals surface area contributed by atoms with E-state index < -0.39 is 5.82 Å². The van der Waals surface area contributed by atoms with Crippen LogP contribution in [-0.4, -0.2) is 40.7 Å². The highest BCUT2D eigenvalue weighted by Gasteiger charge is 2.32. The standard InChI is InChI=1S/C24H22FN3O2S/c1-3-14-27(15-4-2)22(29)17-31-24-26-21(16-18-8-6-5-7-9-18)23(30)28(24)20-12-10-19(25)11-13-20/h3-13,16H,1-2,14-15,17H2/b21-16+. The third-order valence-electron chi connectivity index (χ3n) is 4.39. The Labute approximate surface area is 185 Å². The molecule has 0 unspecified atom stereocenters. The molecule has 5 nitrogen and oxygen atoms in total. The minimum absolute atomic E-state index is 0.0874. The summed E-state index contributed by atoms with van der Waals surface area (Å²) < 4.78 is 13.4. The Balaban J connectivity index is 1.87. The van der Waals surface area contributed by atoms with Gasteiger partial charge in [0.2, 0.25) is 5.91 Å². The highest BCUT2D eigenvalue weighted by molar-refractivity contribution is 8.14. The molecule has 2 aromatic carbocycles. The quantitative estimate of drug-likeness (QED) is 0.453. The summed E-state index contributed by atoms with van der Waals surface area (Å²) in [4.78, 5) is 33.2. The molecule has 0 aromatic heterocycles. The summed E-state index contributed by atoms with van der Waals surface area (Å²) in [5.74, 6) is -0.774. The fourth-order valence-electron chi connectivity index (χ4n) is 2.93. The third-order valence-corrected chi connectivity index (χ3v) is 5.32. The number of rotatable bonds is 8. The number of anilines is 1. The molecule has 0 radical (unpaired) electrons. The molecular formula is C24H22FN3O2S. The predicted molar refractivity (Wildman–Crippen MR) is 125 cm³/mol. The van der Waals surface area contributed by atoms with Crippen molar-refractivity contribution in [2.75, 3.05) is 23.7 Å². The number of carbonyl (C=O) groups excluding carboxylic acids is 2. The molecule has 31 heavy (non-hydrogen) atoms. The third kappa shape index (κ3) is 5.58. The van der Waals surface area contributed by atoms with E-state index in [4.69, 9.17) is 0 Å². The largest absolute Gasteiger partial charge is 0.335 e. The van der Waals surface area contributed by atoms with Crippen molar-refractivity contribution in [2.45, 2.75) is 0 Å². The minimum Gasteiger partial charge on any atom is -0.335 e. The van der Waals surface area contributed by atoms with Gasteiger partial charge in [0.05, 0.1) is 11.4 Å².